The molecular formula is C19H19N3O4S. The number of para-hydroxylation sites is 1. The van der Waals surface area contributed by atoms with Crippen molar-refractivity contribution < 1.29 is 14.3 Å². The topological polar surface area (TPSA) is 73.7 Å². The van der Waals surface area contributed by atoms with Crippen LogP contribution >= 0.6 is 11.3 Å². The molecule has 1 aromatic carbocycles. The van der Waals surface area contributed by atoms with Crippen molar-refractivity contribution in [2.75, 3.05) is 33.4 Å². The maximum atomic E-state index is 12.8. The van der Waals surface area contributed by atoms with Crippen LogP contribution in [0.15, 0.2) is 41.2 Å². The maximum absolute atomic E-state index is 12.8. The number of hydrogen-bond acceptors (Lipinski definition) is 7. The summed E-state index contributed by atoms with van der Waals surface area (Å²) in [6, 6.07) is 11.3. The van der Waals surface area contributed by atoms with Crippen molar-refractivity contribution in [1.29, 1.82) is 0 Å². The zero-order valence-corrected chi connectivity index (χ0v) is 15.7. The molecule has 0 atom stereocenters. The van der Waals surface area contributed by atoms with Gasteiger partial charge in [0.25, 0.3) is 0 Å². The number of carbonyl (C=O) groups is 1. The molecule has 7 nitrogen and oxygen atoms in total. The van der Waals surface area contributed by atoms with Crippen LogP contribution in [0.25, 0.3) is 15.9 Å². The molecule has 0 unspecified atom stereocenters. The second-order valence-corrected chi connectivity index (χ2v) is 7.35. The summed E-state index contributed by atoms with van der Waals surface area (Å²) in [5, 5.41) is 4.80. The molecule has 1 fully saturated rings. The molecule has 4 rings (SSSR count). The fourth-order valence-corrected chi connectivity index (χ4v) is 4.27. The Labute approximate surface area is 159 Å². The van der Waals surface area contributed by atoms with Crippen LogP contribution in [0.4, 0.5) is 0 Å². The Balaban J connectivity index is 1.85. The minimum Gasteiger partial charge on any atom is -0.464 e. The smallest absolute Gasteiger partial charge is 0.362 e. The number of morpholine rings is 1. The van der Waals surface area contributed by atoms with Crippen molar-refractivity contribution in [3.63, 3.8) is 0 Å². The summed E-state index contributed by atoms with van der Waals surface area (Å²) in [6.07, 6.45) is 0. The summed E-state index contributed by atoms with van der Waals surface area (Å²) in [7, 11) is 1.25. The summed E-state index contributed by atoms with van der Waals surface area (Å²) in [6.45, 7) is 3.90. The summed E-state index contributed by atoms with van der Waals surface area (Å²) in [5.74, 6) is -0.729. The third kappa shape index (κ3) is 3.51. The first-order valence-electron chi connectivity index (χ1n) is 8.67. The number of esters is 1. The fourth-order valence-electron chi connectivity index (χ4n) is 3.10. The van der Waals surface area contributed by atoms with Gasteiger partial charge in [0, 0.05) is 24.5 Å². The zero-order valence-electron chi connectivity index (χ0n) is 14.9. The number of carbonyl (C=O) groups excluding carboxylic acids is 1. The highest BCUT2D eigenvalue weighted by molar-refractivity contribution is 7.18. The normalized spacial score (nSPS) is 15.1. The molecular weight excluding hydrogens is 366 g/mol. The second-order valence-electron chi connectivity index (χ2n) is 6.24. The molecule has 3 aromatic rings. The number of fused-ring (bicyclic) bond motifs is 1. The van der Waals surface area contributed by atoms with Gasteiger partial charge in [0.15, 0.2) is 0 Å². The van der Waals surface area contributed by atoms with E-state index in [1.165, 1.54) is 18.4 Å². The molecule has 0 bridgehead atoms. The van der Waals surface area contributed by atoms with Crippen LogP contribution in [0.3, 0.4) is 0 Å². The van der Waals surface area contributed by atoms with E-state index < -0.39 is 11.4 Å². The average Bonchev–Trinajstić information content (AvgIpc) is 3.13. The highest BCUT2D eigenvalue weighted by Crippen LogP contribution is 2.27. The van der Waals surface area contributed by atoms with Crippen LogP contribution in [-0.2, 0) is 16.0 Å². The monoisotopic (exact) mass is 385 g/mol. The van der Waals surface area contributed by atoms with Crippen LogP contribution in [-0.4, -0.2) is 54.1 Å². The lowest BCUT2D eigenvalue weighted by Crippen LogP contribution is -2.35. The molecule has 140 valence electrons. The number of nitrogens with zero attached hydrogens (tertiary/aromatic N) is 3. The molecule has 1 aliphatic heterocycles. The minimum absolute atomic E-state index is 0.204. The van der Waals surface area contributed by atoms with Crippen LogP contribution < -0.4 is 5.43 Å². The van der Waals surface area contributed by atoms with Crippen LogP contribution in [0.2, 0.25) is 0 Å². The number of methoxy groups -OCH3 is 1. The largest absolute Gasteiger partial charge is 0.464 e. The Morgan fingerprint density at radius 1 is 1.26 bits per heavy atom. The molecule has 0 spiro atoms. The predicted molar refractivity (Wildman–Crippen MR) is 103 cm³/mol. The summed E-state index contributed by atoms with van der Waals surface area (Å²) in [4.78, 5) is 29.0. The maximum Gasteiger partial charge on any atom is 0.362 e. The standard InChI is InChI=1S/C19H19N3O4S/c1-25-19(24)16-17(23)15-11-14(12-21-7-9-26-10-8-21)27-18(15)22(20-16)13-5-3-2-4-6-13/h2-6,11H,7-10,12H2,1H3. The number of rotatable bonds is 4. The van der Waals surface area contributed by atoms with Gasteiger partial charge in [-0.1, -0.05) is 18.2 Å². The van der Waals surface area contributed by atoms with E-state index in [4.69, 9.17) is 9.47 Å². The van der Waals surface area contributed by atoms with Crippen molar-refractivity contribution in [1.82, 2.24) is 14.7 Å². The van der Waals surface area contributed by atoms with E-state index in [1.807, 2.05) is 36.4 Å². The van der Waals surface area contributed by atoms with Crippen molar-refractivity contribution >= 4 is 27.5 Å². The van der Waals surface area contributed by atoms with E-state index in [0.717, 1.165) is 48.2 Å². The van der Waals surface area contributed by atoms with Crippen LogP contribution in [0.5, 0.6) is 0 Å². The van der Waals surface area contributed by atoms with E-state index >= 15 is 0 Å². The van der Waals surface area contributed by atoms with Crippen molar-refractivity contribution in [2.45, 2.75) is 6.54 Å². The quantitative estimate of drug-likeness (QED) is 0.640. The van der Waals surface area contributed by atoms with E-state index in [9.17, 15) is 9.59 Å². The van der Waals surface area contributed by atoms with Gasteiger partial charge in [-0.15, -0.1) is 11.3 Å². The Kier molecular flexibility index (Phi) is 5.02. The lowest BCUT2D eigenvalue weighted by Gasteiger charge is -2.25. The third-order valence-corrected chi connectivity index (χ3v) is 5.57. The number of hydrogen-bond donors (Lipinski definition) is 0. The zero-order chi connectivity index (χ0) is 18.8. The number of thiophene rings is 1. The Bertz CT molecular complexity index is 1020. The molecule has 8 heteroatoms. The fraction of sp³-hybridized carbons (Fsp3) is 0.316. The second kappa shape index (κ2) is 7.59. The van der Waals surface area contributed by atoms with Gasteiger partial charge in [0.05, 0.1) is 31.4 Å². The highest BCUT2D eigenvalue weighted by atomic mass is 32.1. The average molecular weight is 385 g/mol. The lowest BCUT2D eigenvalue weighted by atomic mass is 10.2. The van der Waals surface area contributed by atoms with E-state index in [0.29, 0.717) is 5.39 Å². The van der Waals surface area contributed by atoms with Crippen molar-refractivity contribution in [2.24, 2.45) is 0 Å². The number of ether oxygens (including phenoxy) is 2. The molecule has 0 amide bonds. The van der Waals surface area contributed by atoms with Crippen molar-refractivity contribution in [3.8, 4) is 5.69 Å². The van der Waals surface area contributed by atoms with Gasteiger partial charge in [0.2, 0.25) is 11.1 Å². The highest BCUT2D eigenvalue weighted by Gasteiger charge is 2.21. The van der Waals surface area contributed by atoms with Gasteiger partial charge in [0.1, 0.15) is 4.83 Å². The van der Waals surface area contributed by atoms with Crippen molar-refractivity contribution in [3.05, 3.63) is 57.2 Å². The first-order valence-corrected chi connectivity index (χ1v) is 9.48. The summed E-state index contributed by atoms with van der Waals surface area (Å²) < 4.78 is 11.8. The molecule has 0 saturated carbocycles. The SMILES string of the molecule is COC(=O)c1nn(-c2ccccc2)c2sc(CN3CCOCC3)cc2c1=O. The Hall–Kier alpha value is -2.55. The molecule has 27 heavy (non-hydrogen) atoms. The van der Waals surface area contributed by atoms with Gasteiger partial charge >= 0.3 is 5.97 Å². The van der Waals surface area contributed by atoms with Crippen LogP contribution in [0.1, 0.15) is 15.4 Å². The van der Waals surface area contributed by atoms with E-state index in [2.05, 4.69) is 10.00 Å². The predicted octanol–water partition coefficient (Wildman–Crippen LogP) is 2.07. The Morgan fingerprint density at radius 2 is 2.00 bits per heavy atom. The number of aromatic nitrogens is 2. The molecule has 0 N–H and O–H groups in total. The van der Waals surface area contributed by atoms with Gasteiger partial charge in [-0.25, -0.2) is 9.48 Å². The lowest BCUT2D eigenvalue weighted by molar-refractivity contribution is 0.0346. The summed E-state index contributed by atoms with van der Waals surface area (Å²) >= 11 is 1.52. The van der Waals surface area contributed by atoms with Crippen LogP contribution in [0, 0.1) is 0 Å². The molecule has 3 heterocycles. The van der Waals surface area contributed by atoms with Gasteiger partial charge in [-0.2, -0.15) is 5.10 Å². The summed E-state index contributed by atoms with van der Waals surface area (Å²) in [5.41, 5.74) is 0.186. The van der Waals surface area contributed by atoms with Gasteiger partial charge in [-0.3, -0.25) is 9.69 Å². The molecule has 0 aliphatic carbocycles. The Morgan fingerprint density at radius 3 is 2.70 bits per heavy atom. The van der Waals surface area contributed by atoms with Gasteiger partial charge < -0.3 is 9.47 Å². The molecule has 2 aromatic heterocycles. The van der Waals surface area contributed by atoms with E-state index in [-0.39, 0.29) is 5.69 Å². The first-order chi connectivity index (χ1) is 13.2. The molecule has 0 radical (unpaired) electrons. The third-order valence-electron chi connectivity index (χ3n) is 4.48. The first kappa shape index (κ1) is 17.8. The van der Waals surface area contributed by atoms with E-state index in [1.54, 1.807) is 4.68 Å². The molecule has 1 aliphatic rings. The molecule has 1 saturated heterocycles. The number of benzene rings is 1. The minimum atomic E-state index is -0.729. The van der Waals surface area contributed by atoms with Gasteiger partial charge in [-0.05, 0) is 18.2 Å².